The maximum absolute atomic E-state index is 11.7. The zero-order valence-electron chi connectivity index (χ0n) is 11.1. The van der Waals surface area contributed by atoms with Gasteiger partial charge in [-0.2, -0.15) is 0 Å². The summed E-state index contributed by atoms with van der Waals surface area (Å²) in [5, 5.41) is 20.0. The van der Waals surface area contributed by atoms with Crippen LogP contribution < -0.4 is 5.32 Å². The van der Waals surface area contributed by atoms with Crippen LogP contribution in [0.3, 0.4) is 0 Å². The monoisotopic (exact) mass is 265 g/mol. The Hall–Kier alpha value is -1.88. The summed E-state index contributed by atoms with van der Waals surface area (Å²) in [6.45, 7) is 3.67. The van der Waals surface area contributed by atoms with E-state index in [1.54, 1.807) is 0 Å². The molecule has 0 aromatic heterocycles. The second-order valence-corrected chi connectivity index (χ2v) is 4.57. The Bertz CT molecular complexity index is 471. The van der Waals surface area contributed by atoms with Gasteiger partial charge in [0.1, 0.15) is 6.04 Å². The van der Waals surface area contributed by atoms with Gasteiger partial charge < -0.3 is 15.5 Å². The van der Waals surface area contributed by atoms with Crippen molar-refractivity contribution in [2.75, 3.05) is 6.61 Å². The molecule has 19 heavy (non-hydrogen) atoms. The standard InChI is InChI=1S/C14H19NO4/c1-9-3-4-11(7-10(9)2)8-13(17)15-12(5-6-16)14(18)19/h3-4,7,12,16H,5-6,8H2,1-2H3,(H,15,17)(H,18,19)/t12-/m0/s1. The van der Waals surface area contributed by atoms with Gasteiger partial charge >= 0.3 is 5.97 Å². The van der Waals surface area contributed by atoms with Gasteiger partial charge in [-0.1, -0.05) is 18.2 Å². The molecule has 1 rings (SSSR count). The van der Waals surface area contributed by atoms with Crippen LogP contribution in [0.25, 0.3) is 0 Å². The molecule has 0 radical (unpaired) electrons. The highest BCUT2D eigenvalue weighted by Gasteiger charge is 2.19. The van der Waals surface area contributed by atoms with Gasteiger partial charge in [-0.3, -0.25) is 4.79 Å². The van der Waals surface area contributed by atoms with Crippen molar-refractivity contribution < 1.29 is 19.8 Å². The predicted molar refractivity (Wildman–Crippen MR) is 70.9 cm³/mol. The van der Waals surface area contributed by atoms with Crippen LogP contribution in [-0.4, -0.2) is 34.7 Å². The minimum absolute atomic E-state index is 0.00794. The highest BCUT2D eigenvalue weighted by molar-refractivity contribution is 5.84. The van der Waals surface area contributed by atoms with Crippen LogP contribution in [0, 0.1) is 13.8 Å². The van der Waals surface area contributed by atoms with Gasteiger partial charge in [0.25, 0.3) is 0 Å². The van der Waals surface area contributed by atoms with Gasteiger partial charge in [-0.25, -0.2) is 4.79 Å². The van der Waals surface area contributed by atoms with Gasteiger partial charge in [0.15, 0.2) is 0 Å². The highest BCUT2D eigenvalue weighted by atomic mass is 16.4. The van der Waals surface area contributed by atoms with E-state index in [1.165, 1.54) is 0 Å². The first kappa shape index (κ1) is 15.2. The van der Waals surface area contributed by atoms with Crippen LogP contribution in [0.1, 0.15) is 23.1 Å². The number of benzene rings is 1. The average Bonchev–Trinajstić information content (AvgIpc) is 2.33. The molecule has 0 fully saturated rings. The van der Waals surface area contributed by atoms with E-state index in [0.29, 0.717) is 0 Å². The smallest absolute Gasteiger partial charge is 0.326 e. The quantitative estimate of drug-likeness (QED) is 0.710. The molecule has 0 bridgehead atoms. The molecule has 1 amide bonds. The zero-order chi connectivity index (χ0) is 14.4. The Morgan fingerprint density at radius 2 is 1.95 bits per heavy atom. The molecule has 5 heteroatoms. The summed E-state index contributed by atoms with van der Waals surface area (Å²) < 4.78 is 0. The number of aliphatic carboxylic acids is 1. The molecule has 0 saturated carbocycles. The molecular weight excluding hydrogens is 246 g/mol. The lowest BCUT2D eigenvalue weighted by molar-refractivity contribution is -0.142. The van der Waals surface area contributed by atoms with E-state index in [4.69, 9.17) is 10.2 Å². The molecule has 0 aliphatic carbocycles. The summed E-state index contributed by atoms with van der Waals surface area (Å²) in [6, 6.07) is 4.66. The molecule has 1 atom stereocenters. The van der Waals surface area contributed by atoms with Gasteiger partial charge in [-0.15, -0.1) is 0 Å². The fourth-order valence-electron chi connectivity index (χ4n) is 1.73. The number of hydrogen-bond donors (Lipinski definition) is 3. The van der Waals surface area contributed by atoms with E-state index in [9.17, 15) is 9.59 Å². The van der Waals surface area contributed by atoms with Crippen LogP contribution in [-0.2, 0) is 16.0 Å². The number of carboxylic acid groups (broad SMARTS) is 1. The Morgan fingerprint density at radius 1 is 1.26 bits per heavy atom. The van der Waals surface area contributed by atoms with Gasteiger partial charge in [0.05, 0.1) is 6.42 Å². The summed E-state index contributed by atoms with van der Waals surface area (Å²) in [5.41, 5.74) is 3.08. The van der Waals surface area contributed by atoms with Crippen molar-refractivity contribution in [3.8, 4) is 0 Å². The molecule has 104 valence electrons. The first-order valence-corrected chi connectivity index (χ1v) is 6.13. The lowest BCUT2D eigenvalue weighted by Crippen LogP contribution is -2.42. The van der Waals surface area contributed by atoms with E-state index in [0.717, 1.165) is 16.7 Å². The van der Waals surface area contributed by atoms with E-state index < -0.39 is 12.0 Å². The SMILES string of the molecule is Cc1ccc(CC(=O)N[C@@H](CCO)C(=O)O)cc1C. The number of carboxylic acids is 1. The number of hydrogen-bond acceptors (Lipinski definition) is 3. The molecule has 5 nitrogen and oxygen atoms in total. The molecule has 0 unspecified atom stereocenters. The highest BCUT2D eigenvalue weighted by Crippen LogP contribution is 2.10. The van der Waals surface area contributed by atoms with E-state index >= 15 is 0 Å². The molecule has 0 aliphatic rings. The second kappa shape index (κ2) is 6.89. The summed E-state index contributed by atoms with van der Waals surface area (Å²) in [6.07, 6.45) is 0.143. The van der Waals surface area contributed by atoms with Crippen molar-refractivity contribution in [3.05, 3.63) is 34.9 Å². The van der Waals surface area contributed by atoms with Crippen LogP contribution >= 0.6 is 0 Å². The van der Waals surface area contributed by atoms with E-state index in [2.05, 4.69) is 5.32 Å². The third-order valence-electron chi connectivity index (χ3n) is 2.99. The third kappa shape index (κ3) is 4.71. The number of carbonyl (C=O) groups is 2. The largest absolute Gasteiger partial charge is 0.480 e. The molecule has 0 saturated heterocycles. The maximum Gasteiger partial charge on any atom is 0.326 e. The minimum Gasteiger partial charge on any atom is -0.480 e. The second-order valence-electron chi connectivity index (χ2n) is 4.57. The van der Waals surface area contributed by atoms with Crippen molar-refractivity contribution in [2.45, 2.75) is 32.7 Å². The molecule has 3 N–H and O–H groups in total. The van der Waals surface area contributed by atoms with E-state index in [-0.39, 0.29) is 25.4 Å². The Labute approximate surface area is 112 Å². The van der Waals surface area contributed by atoms with Crippen molar-refractivity contribution in [1.82, 2.24) is 5.32 Å². The average molecular weight is 265 g/mol. The maximum atomic E-state index is 11.7. The van der Waals surface area contributed by atoms with Gasteiger partial charge in [-0.05, 0) is 30.5 Å². The predicted octanol–water partition coefficient (Wildman–Crippen LogP) is 0.798. The molecule has 0 heterocycles. The topological polar surface area (TPSA) is 86.6 Å². The lowest BCUT2D eigenvalue weighted by atomic mass is 10.0. The number of carbonyl (C=O) groups excluding carboxylic acids is 1. The summed E-state index contributed by atoms with van der Waals surface area (Å²) in [5.74, 6) is -1.49. The number of nitrogens with one attached hydrogen (secondary N) is 1. The fraction of sp³-hybridized carbons (Fsp3) is 0.429. The van der Waals surface area contributed by atoms with Crippen LogP contribution in [0.2, 0.25) is 0 Å². The van der Waals surface area contributed by atoms with Gasteiger partial charge in [0, 0.05) is 13.0 Å². The number of rotatable bonds is 6. The van der Waals surface area contributed by atoms with Gasteiger partial charge in [0.2, 0.25) is 5.91 Å². The lowest BCUT2D eigenvalue weighted by Gasteiger charge is -2.13. The van der Waals surface area contributed by atoms with Crippen LogP contribution in [0.15, 0.2) is 18.2 Å². The first-order valence-electron chi connectivity index (χ1n) is 6.13. The molecule has 0 aliphatic heterocycles. The normalized spacial score (nSPS) is 11.9. The van der Waals surface area contributed by atoms with Crippen molar-refractivity contribution in [2.24, 2.45) is 0 Å². The Kier molecular flexibility index (Phi) is 5.51. The van der Waals surface area contributed by atoms with E-state index in [1.807, 2.05) is 32.0 Å². The zero-order valence-corrected chi connectivity index (χ0v) is 11.1. The Balaban J connectivity index is 2.63. The van der Waals surface area contributed by atoms with Crippen molar-refractivity contribution in [1.29, 1.82) is 0 Å². The van der Waals surface area contributed by atoms with Crippen molar-refractivity contribution >= 4 is 11.9 Å². The first-order chi connectivity index (χ1) is 8.93. The number of aliphatic hydroxyl groups excluding tert-OH is 1. The third-order valence-corrected chi connectivity index (χ3v) is 2.99. The fourth-order valence-corrected chi connectivity index (χ4v) is 1.73. The Morgan fingerprint density at radius 3 is 2.47 bits per heavy atom. The summed E-state index contributed by atoms with van der Waals surface area (Å²) in [7, 11) is 0. The molecule has 1 aromatic rings. The number of amides is 1. The summed E-state index contributed by atoms with van der Waals surface area (Å²) >= 11 is 0. The van der Waals surface area contributed by atoms with Crippen LogP contribution in [0.5, 0.6) is 0 Å². The number of aryl methyl sites for hydroxylation is 2. The molecule has 1 aromatic carbocycles. The molecular formula is C14H19NO4. The van der Waals surface area contributed by atoms with Crippen molar-refractivity contribution in [3.63, 3.8) is 0 Å². The minimum atomic E-state index is -1.14. The number of aliphatic hydroxyl groups is 1. The van der Waals surface area contributed by atoms with Crippen LogP contribution in [0.4, 0.5) is 0 Å². The summed E-state index contributed by atoms with van der Waals surface area (Å²) in [4.78, 5) is 22.6. The molecule has 0 spiro atoms.